The Morgan fingerprint density at radius 1 is 1.24 bits per heavy atom. The van der Waals surface area contributed by atoms with Crippen LogP contribution in [0.1, 0.15) is 40.0 Å². The highest BCUT2D eigenvalue weighted by molar-refractivity contribution is 8.00. The average Bonchev–Trinajstić information content (AvgIpc) is 2.81. The smallest absolute Gasteiger partial charge is 0.233 e. The summed E-state index contributed by atoms with van der Waals surface area (Å²) in [5.41, 5.74) is 1.64. The van der Waals surface area contributed by atoms with Gasteiger partial charge in [-0.3, -0.25) is 9.78 Å². The topological polar surface area (TPSA) is 33.2 Å². The highest BCUT2D eigenvalue weighted by Gasteiger charge is 2.50. The number of amides is 1. The lowest BCUT2D eigenvalue weighted by atomic mass is 9.65. The number of para-hydroxylation sites is 1. The van der Waals surface area contributed by atoms with Gasteiger partial charge in [0, 0.05) is 29.1 Å². The maximum atomic E-state index is 12.9. The van der Waals surface area contributed by atoms with E-state index in [9.17, 15) is 4.79 Å². The van der Waals surface area contributed by atoms with Crippen molar-refractivity contribution in [2.75, 3.05) is 12.3 Å². The summed E-state index contributed by atoms with van der Waals surface area (Å²) in [6, 6.07) is 10.6. The molecule has 0 spiro atoms. The Labute approximate surface area is 154 Å². The van der Waals surface area contributed by atoms with E-state index in [1.54, 1.807) is 11.8 Å². The molecule has 1 aromatic heterocycles. The van der Waals surface area contributed by atoms with Crippen LogP contribution in [0.3, 0.4) is 0 Å². The molecule has 2 atom stereocenters. The van der Waals surface area contributed by atoms with Crippen LogP contribution in [0.25, 0.3) is 10.9 Å². The first kappa shape index (κ1) is 16.9. The summed E-state index contributed by atoms with van der Waals surface area (Å²) in [5, 5.41) is 1.13. The van der Waals surface area contributed by atoms with Crippen LogP contribution in [-0.2, 0) is 4.79 Å². The van der Waals surface area contributed by atoms with E-state index < -0.39 is 0 Å². The minimum Gasteiger partial charge on any atom is -0.338 e. The Morgan fingerprint density at radius 3 is 2.88 bits per heavy atom. The van der Waals surface area contributed by atoms with Crippen LogP contribution >= 0.6 is 11.8 Å². The Hall–Kier alpha value is -1.55. The Bertz CT molecular complexity index is 813. The molecule has 3 nitrogen and oxygen atoms in total. The third-order valence-electron chi connectivity index (χ3n) is 5.68. The van der Waals surface area contributed by atoms with E-state index in [1.165, 1.54) is 12.8 Å². The summed E-state index contributed by atoms with van der Waals surface area (Å²) in [4.78, 5) is 20.7. The molecule has 25 heavy (non-hydrogen) atoms. The van der Waals surface area contributed by atoms with Crippen LogP contribution in [0, 0.1) is 10.8 Å². The summed E-state index contributed by atoms with van der Waals surface area (Å²) in [7, 11) is 0. The number of benzene rings is 1. The van der Waals surface area contributed by atoms with E-state index in [1.807, 2.05) is 18.3 Å². The van der Waals surface area contributed by atoms with Gasteiger partial charge < -0.3 is 4.90 Å². The lowest BCUT2D eigenvalue weighted by Crippen LogP contribution is -2.38. The van der Waals surface area contributed by atoms with Crippen LogP contribution in [0.2, 0.25) is 0 Å². The normalized spacial score (nSPS) is 27.6. The van der Waals surface area contributed by atoms with Crippen molar-refractivity contribution in [3.05, 3.63) is 36.5 Å². The van der Waals surface area contributed by atoms with Crippen molar-refractivity contribution in [2.45, 2.75) is 51.0 Å². The van der Waals surface area contributed by atoms with E-state index in [-0.39, 0.29) is 5.91 Å². The molecular weight excluding hydrogens is 328 g/mol. The van der Waals surface area contributed by atoms with Gasteiger partial charge in [-0.05, 0) is 42.2 Å². The summed E-state index contributed by atoms with van der Waals surface area (Å²) < 4.78 is 0. The van der Waals surface area contributed by atoms with E-state index >= 15 is 0 Å². The second kappa shape index (κ2) is 6.01. The van der Waals surface area contributed by atoms with E-state index in [4.69, 9.17) is 0 Å². The van der Waals surface area contributed by atoms with Gasteiger partial charge in [0.15, 0.2) is 0 Å². The molecule has 0 N–H and O–H groups in total. The second-order valence-corrected chi connectivity index (χ2v) is 9.87. The van der Waals surface area contributed by atoms with Gasteiger partial charge in [-0.15, -0.1) is 11.8 Å². The molecule has 1 saturated carbocycles. The van der Waals surface area contributed by atoms with Crippen LogP contribution < -0.4 is 0 Å². The maximum absolute atomic E-state index is 12.9. The van der Waals surface area contributed by atoms with Gasteiger partial charge >= 0.3 is 0 Å². The molecule has 2 bridgehead atoms. The number of hydrogen-bond acceptors (Lipinski definition) is 3. The fourth-order valence-corrected chi connectivity index (χ4v) is 6.09. The molecule has 1 aromatic carbocycles. The summed E-state index contributed by atoms with van der Waals surface area (Å²) in [6.07, 6.45) is 5.35. The standard InChI is InChI=1S/C21H26N2OS/c1-20(2)10-16-11-21(3,13-20)14-23(16)18(24)12-25-17-8-4-6-15-7-5-9-22-19(15)17/h4-9,16H,10-14H2,1-3H3. The van der Waals surface area contributed by atoms with Gasteiger partial charge in [-0.1, -0.05) is 39.0 Å². The third kappa shape index (κ3) is 3.29. The van der Waals surface area contributed by atoms with Gasteiger partial charge in [-0.2, -0.15) is 0 Å². The van der Waals surface area contributed by atoms with Gasteiger partial charge in [0.2, 0.25) is 5.91 Å². The number of fused-ring (bicyclic) bond motifs is 3. The largest absolute Gasteiger partial charge is 0.338 e. The summed E-state index contributed by atoms with van der Waals surface area (Å²) in [5.74, 6) is 0.784. The number of thioether (sulfide) groups is 1. The van der Waals surface area contributed by atoms with Crippen molar-refractivity contribution < 1.29 is 4.79 Å². The number of hydrogen-bond donors (Lipinski definition) is 0. The molecule has 2 aliphatic rings. The fourth-order valence-electron chi connectivity index (χ4n) is 5.17. The van der Waals surface area contributed by atoms with Gasteiger partial charge in [0.05, 0.1) is 11.3 Å². The Balaban J connectivity index is 1.48. The van der Waals surface area contributed by atoms with Crippen molar-refractivity contribution in [1.29, 1.82) is 0 Å². The highest BCUT2D eigenvalue weighted by atomic mass is 32.2. The Kier molecular flexibility index (Phi) is 4.06. The quantitative estimate of drug-likeness (QED) is 0.746. The molecule has 4 heteroatoms. The van der Waals surface area contributed by atoms with Crippen LogP contribution in [-0.4, -0.2) is 34.1 Å². The first-order chi connectivity index (χ1) is 11.9. The zero-order valence-corrected chi connectivity index (χ0v) is 16.1. The molecule has 2 aromatic rings. The van der Waals surface area contributed by atoms with Crippen LogP contribution in [0.4, 0.5) is 0 Å². The fraction of sp³-hybridized carbons (Fsp3) is 0.524. The molecular formula is C21H26N2OS. The average molecular weight is 355 g/mol. The maximum Gasteiger partial charge on any atom is 0.233 e. The lowest BCUT2D eigenvalue weighted by Gasteiger charge is -2.39. The predicted octanol–water partition coefficient (Wildman–Crippen LogP) is 4.75. The zero-order chi connectivity index (χ0) is 17.7. The van der Waals surface area contributed by atoms with Gasteiger partial charge in [0.1, 0.15) is 0 Å². The molecule has 132 valence electrons. The molecule has 2 heterocycles. The van der Waals surface area contributed by atoms with E-state index in [2.05, 4.69) is 48.9 Å². The van der Waals surface area contributed by atoms with E-state index in [0.29, 0.717) is 22.6 Å². The molecule has 2 unspecified atom stereocenters. The van der Waals surface area contributed by atoms with Crippen molar-refractivity contribution in [3.8, 4) is 0 Å². The van der Waals surface area contributed by atoms with Gasteiger partial charge in [-0.25, -0.2) is 0 Å². The number of nitrogens with zero attached hydrogens (tertiary/aromatic N) is 2. The second-order valence-electron chi connectivity index (χ2n) is 8.86. The predicted molar refractivity (Wildman–Crippen MR) is 104 cm³/mol. The SMILES string of the molecule is CC1(C)CC2CC(C)(CN2C(=O)CSc2cccc3cccnc23)C1. The van der Waals surface area contributed by atoms with Crippen molar-refractivity contribution in [1.82, 2.24) is 9.88 Å². The third-order valence-corrected chi connectivity index (χ3v) is 6.71. The number of rotatable bonds is 3. The number of aromatic nitrogens is 1. The zero-order valence-electron chi connectivity index (χ0n) is 15.3. The Morgan fingerprint density at radius 2 is 2.04 bits per heavy atom. The number of carbonyl (C=O) groups excluding carboxylic acids is 1. The minimum atomic E-state index is 0.282. The summed E-state index contributed by atoms with van der Waals surface area (Å²) >= 11 is 1.62. The minimum absolute atomic E-state index is 0.282. The molecule has 0 radical (unpaired) electrons. The molecule has 2 fully saturated rings. The first-order valence-electron chi connectivity index (χ1n) is 9.11. The highest BCUT2D eigenvalue weighted by Crippen LogP contribution is 2.52. The monoisotopic (exact) mass is 354 g/mol. The molecule has 1 aliphatic heterocycles. The first-order valence-corrected chi connectivity index (χ1v) is 10.1. The van der Waals surface area contributed by atoms with Crippen molar-refractivity contribution in [3.63, 3.8) is 0 Å². The van der Waals surface area contributed by atoms with Crippen LogP contribution in [0.15, 0.2) is 41.4 Å². The molecule has 1 aliphatic carbocycles. The molecule has 1 saturated heterocycles. The summed E-state index contributed by atoms with van der Waals surface area (Å²) in [6.45, 7) is 7.98. The lowest BCUT2D eigenvalue weighted by molar-refractivity contribution is -0.129. The van der Waals surface area contributed by atoms with Crippen LogP contribution in [0.5, 0.6) is 0 Å². The van der Waals surface area contributed by atoms with Crippen molar-refractivity contribution in [2.24, 2.45) is 10.8 Å². The molecule has 1 amide bonds. The number of pyridine rings is 1. The van der Waals surface area contributed by atoms with Gasteiger partial charge in [0.25, 0.3) is 0 Å². The van der Waals surface area contributed by atoms with Crippen molar-refractivity contribution >= 4 is 28.6 Å². The molecule has 4 rings (SSSR count). The van der Waals surface area contributed by atoms with E-state index in [0.717, 1.165) is 28.8 Å². The number of likely N-dealkylation sites (tertiary alicyclic amines) is 1. The number of carbonyl (C=O) groups is 1.